The molecule has 0 saturated carbocycles. The third kappa shape index (κ3) is 1.82. The Bertz CT molecular complexity index is 978. The minimum atomic E-state index is -0.411. The molecule has 4 nitrogen and oxygen atoms in total. The number of nitrogens with two attached hydrogens (primary N) is 1. The van der Waals surface area contributed by atoms with E-state index in [0.717, 1.165) is 0 Å². The fraction of sp³-hybridized carbons (Fsp3) is 0. The Morgan fingerprint density at radius 2 is 1.71 bits per heavy atom. The Balaban J connectivity index is 1.99. The van der Waals surface area contributed by atoms with Crippen molar-refractivity contribution in [3.05, 3.63) is 54.3 Å². The number of anilines is 1. The van der Waals surface area contributed by atoms with E-state index < -0.39 is 5.82 Å². The molecule has 0 radical (unpaired) electrons. The standard InChI is InChI=1S/C16H10FN3O/c17-10-5-3-4-9-8-13(21-15(9)10)14-16(18)20-12-7-2-1-6-11(12)19-14/h1-8H,(H2,18,20). The minimum absolute atomic E-state index is 0.196. The number of furan rings is 1. The van der Waals surface area contributed by atoms with Crippen molar-refractivity contribution in [3.8, 4) is 11.5 Å². The molecule has 2 aromatic heterocycles. The first-order valence-corrected chi connectivity index (χ1v) is 6.43. The number of fused-ring (bicyclic) bond motifs is 2. The normalized spacial score (nSPS) is 11.3. The SMILES string of the molecule is Nc1nc2ccccc2nc1-c1cc2cccc(F)c2o1. The largest absolute Gasteiger partial charge is 0.451 e. The Kier molecular flexibility index (Phi) is 2.41. The zero-order valence-electron chi connectivity index (χ0n) is 10.9. The molecule has 4 rings (SSSR count). The van der Waals surface area contributed by atoms with Crippen LogP contribution >= 0.6 is 0 Å². The highest BCUT2D eigenvalue weighted by Gasteiger charge is 2.15. The van der Waals surface area contributed by atoms with Crippen molar-refractivity contribution in [3.63, 3.8) is 0 Å². The fourth-order valence-electron chi connectivity index (χ4n) is 2.34. The summed E-state index contributed by atoms with van der Waals surface area (Å²) in [5, 5.41) is 0.666. The highest BCUT2D eigenvalue weighted by atomic mass is 19.1. The topological polar surface area (TPSA) is 64.9 Å². The number of hydrogen-bond donors (Lipinski definition) is 1. The van der Waals surface area contributed by atoms with Crippen LogP contribution in [0, 0.1) is 5.82 Å². The van der Waals surface area contributed by atoms with Crippen molar-refractivity contribution >= 4 is 27.8 Å². The first kappa shape index (κ1) is 11.8. The number of nitrogen functional groups attached to an aromatic ring is 1. The van der Waals surface area contributed by atoms with Gasteiger partial charge in [0, 0.05) is 5.39 Å². The van der Waals surface area contributed by atoms with Crippen LogP contribution in [-0.4, -0.2) is 9.97 Å². The molecule has 0 aliphatic carbocycles. The number of aromatic nitrogens is 2. The van der Waals surface area contributed by atoms with E-state index in [1.165, 1.54) is 6.07 Å². The monoisotopic (exact) mass is 279 g/mol. The molecule has 0 bridgehead atoms. The average molecular weight is 279 g/mol. The van der Waals surface area contributed by atoms with Gasteiger partial charge in [0.2, 0.25) is 0 Å². The van der Waals surface area contributed by atoms with E-state index in [0.29, 0.717) is 27.9 Å². The van der Waals surface area contributed by atoms with Gasteiger partial charge in [-0.1, -0.05) is 24.3 Å². The van der Waals surface area contributed by atoms with Crippen molar-refractivity contribution in [1.29, 1.82) is 0 Å². The van der Waals surface area contributed by atoms with Crippen LogP contribution in [0.2, 0.25) is 0 Å². The zero-order valence-corrected chi connectivity index (χ0v) is 10.9. The van der Waals surface area contributed by atoms with Gasteiger partial charge in [-0.15, -0.1) is 0 Å². The molecule has 102 valence electrons. The maximum absolute atomic E-state index is 13.7. The summed E-state index contributed by atoms with van der Waals surface area (Å²) in [5.41, 5.74) is 7.99. The Morgan fingerprint density at radius 3 is 2.48 bits per heavy atom. The van der Waals surface area contributed by atoms with Gasteiger partial charge >= 0.3 is 0 Å². The van der Waals surface area contributed by atoms with Gasteiger partial charge in [-0.05, 0) is 24.3 Å². The number of halogens is 1. The predicted octanol–water partition coefficient (Wildman–Crippen LogP) is 3.76. The molecule has 0 amide bonds. The minimum Gasteiger partial charge on any atom is -0.451 e. The van der Waals surface area contributed by atoms with Crippen LogP contribution in [-0.2, 0) is 0 Å². The van der Waals surface area contributed by atoms with Gasteiger partial charge in [0.15, 0.2) is 23.0 Å². The summed E-state index contributed by atoms with van der Waals surface area (Å²) in [6.45, 7) is 0. The molecule has 21 heavy (non-hydrogen) atoms. The maximum Gasteiger partial charge on any atom is 0.170 e. The van der Waals surface area contributed by atoms with Gasteiger partial charge in [-0.25, -0.2) is 14.4 Å². The number of benzene rings is 2. The summed E-state index contributed by atoms with van der Waals surface area (Å²) < 4.78 is 19.3. The van der Waals surface area contributed by atoms with Crippen LogP contribution in [0.25, 0.3) is 33.5 Å². The van der Waals surface area contributed by atoms with Crippen LogP contribution in [0.1, 0.15) is 0 Å². The lowest BCUT2D eigenvalue weighted by molar-refractivity contribution is 0.568. The van der Waals surface area contributed by atoms with Gasteiger partial charge < -0.3 is 10.2 Å². The fourth-order valence-corrected chi connectivity index (χ4v) is 2.34. The third-order valence-electron chi connectivity index (χ3n) is 3.33. The molecule has 0 aliphatic heterocycles. The second-order valence-electron chi connectivity index (χ2n) is 4.72. The van der Waals surface area contributed by atoms with Gasteiger partial charge in [-0.2, -0.15) is 0 Å². The molecule has 2 heterocycles. The van der Waals surface area contributed by atoms with Crippen LogP contribution in [0.3, 0.4) is 0 Å². The van der Waals surface area contributed by atoms with Gasteiger partial charge in [0.25, 0.3) is 0 Å². The molecule has 0 fully saturated rings. The first-order valence-electron chi connectivity index (χ1n) is 6.43. The van der Waals surface area contributed by atoms with Crippen LogP contribution in [0.4, 0.5) is 10.2 Å². The van der Waals surface area contributed by atoms with Crippen LogP contribution in [0.15, 0.2) is 52.9 Å². The third-order valence-corrected chi connectivity index (χ3v) is 3.33. The lowest BCUT2D eigenvalue weighted by Crippen LogP contribution is -1.97. The molecule has 0 saturated heterocycles. The number of nitrogens with zero attached hydrogens (tertiary/aromatic N) is 2. The van der Waals surface area contributed by atoms with E-state index in [2.05, 4.69) is 9.97 Å². The molecule has 0 aliphatic rings. The summed E-state index contributed by atoms with van der Waals surface area (Å²) in [6, 6.07) is 13.9. The summed E-state index contributed by atoms with van der Waals surface area (Å²) in [4.78, 5) is 8.77. The van der Waals surface area contributed by atoms with Crippen molar-refractivity contribution in [2.75, 3.05) is 5.73 Å². The molecular formula is C16H10FN3O. The summed E-state index contributed by atoms with van der Waals surface area (Å²) >= 11 is 0. The average Bonchev–Trinajstić information content (AvgIpc) is 2.92. The molecule has 0 atom stereocenters. The summed E-state index contributed by atoms with van der Waals surface area (Å²) in [7, 11) is 0. The predicted molar refractivity (Wildman–Crippen MR) is 79.1 cm³/mol. The van der Waals surface area contributed by atoms with Crippen molar-refractivity contribution in [1.82, 2.24) is 9.97 Å². The molecule has 4 aromatic rings. The summed E-state index contributed by atoms with van der Waals surface area (Å²) in [6.07, 6.45) is 0. The van der Waals surface area contributed by atoms with E-state index in [4.69, 9.17) is 10.2 Å². The van der Waals surface area contributed by atoms with Crippen molar-refractivity contribution < 1.29 is 8.81 Å². The van der Waals surface area contributed by atoms with Gasteiger partial charge in [-0.3, -0.25) is 0 Å². The van der Waals surface area contributed by atoms with E-state index >= 15 is 0 Å². The Morgan fingerprint density at radius 1 is 0.952 bits per heavy atom. The maximum atomic E-state index is 13.7. The van der Waals surface area contributed by atoms with E-state index in [-0.39, 0.29) is 11.4 Å². The second kappa shape index (κ2) is 4.28. The lowest BCUT2D eigenvalue weighted by atomic mass is 10.2. The Hall–Kier alpha value is -2.95. The first-order chi connectivity index (χ1) is 10.2. The van der Waals surface area contributed by atoms with E-state index in [1.54, 1.807) is 18.2 Å². The quantitative estimate of drug-likeness (QED) is 0.576. The molecule has 5 heteroatoms. The van der Waals surface area contributed by atoms with Crippen LogP contribution in [0.5, 0.6) is 0 Å². The number of rotatable bonds is 1. The van der Waals surface area contributed by atoms with Gasteiger partial charge in [0.05, 0.1) is 11.0 Å². The molecule has 0 unspecified atom stereocenters. The number of hydrogen-bond acceptors (Lipinski definition) is 4. The van der Waals surface area contributed by atoms with Crippen LogP contribution < -0.4 is 5.73 Å². The van der Waals surface area contributed by atoms with E-state index in [1.807, 2.05) is 24.3 Å². The Labute approximate surface area is 119 Å². The highest BCUT2D eigenvalue weighted by Crippen LogP contribution is 2.31. The molecule has 2 aromatic carbocycles. The molecular weight excluding hydrogens is 269 g/mol. The lowest BCUT2D eigenvalue weighted by Gasteiger charge is -2.03. The van der Waals surface area contributed by atoms with Crippen molar-refractivity contribution in [2.24, 2.45) is 0 Å². The molecule has 2 N–H and O–H groups in total. The summed E-state index contributed by atoms with van der Waals surface area (Å²) in [5.74, 6) is 0.255. The zero-order chi connectivity index (χ0) is 14.4. The molecule has 0 spiro atoms. The van der Waals surface area contributed by atoms with E-state index in [9.17, 15) is 4.39 Å². The van der Waals surface area contributed by atoms with Gasteiger partial charge in [0.1, 0.15) is 5.69 Å². The van der Waals surface area contributed by atoms with Crippen molar-refractivity contribution in [2.45, 2.75) is 0 Å². The number of para-hydroxylation sites is 3. The second-order valence-corrected chi connectivity index (χ2v) is 4.72. The highest BCUT2D eigenvalue weighted by molar-refractivity contribution is 5.86. The smallest absolute Gasteiger partial charge is 0.170 e.